The maximum absolute atomic E-state index is 10.5. The third kappa shape index (κ3) is 4.29. The lowest BCUT2D eigenvalue weighted by Crippen LogP contribution is -2.27. The molecule has 1 aromatic rings. The molecule has 0 unspecified atom stereocenters. The molecule has 5 heteroatoms. The molecule has 0 spiro atoms. The smallest absolute Gasteiger partial charge is 0.305 e. The minimum atomic E-state index is -0.756. The molecule has 0 bridgehead atoms. The minimum absolute atomic E-state index is 0.170. The average molecular weight is 228 g/mol. The average Bonchev–Trinajstić information content (AvgIpc) is 2.71. The summed E-state index contributed by atoms with van der Waals surface area (Å²) in [5.74, 6) is -0.756. The fourth-order valence-corrected chi connectivity index (χ4v) is 1.95. The predicted octanol–water partition coefficient (Wildman–Crippen LogP) is 2.22. The molecule has 0 saturated heterocycles. The minimum Gasteiger partial charge on any atom is -0.481 e. The summed E-state index contributed by atoms with van der Waals surface area (Å²) in [6, 6.07) is 0. The van der Waals surface area contributed by atoms with Crippen LogP contribution in [0.15, 0.2) is 11.6 Å². The van der Waals surface area contributed by atoms with Crippen molar-refractivity contribution in [2.24, 2.45) is 0 Å². The number of nitrogens with zero attached hydrogens (tertiary/aromatic N) is 2. The summed E-state index contributed by atoms with van der Waals surface area (Å²) in [5, 5.41) is 11.5. The SMILES string of the molecule is CCCCN(CCC(=O)O)c1nccs1. The summed E-state index contributed by atoms with van der Waals surface area (Å²) in [5.41, 5.74) is 0. The van der Waals surface area contributed by atoms with Crippen LogP contribution in [0, 0.1) is 0 Å². The Hall–Kier alpha value is -1.10. The first-order valence-corrected chi connectivity index (χ1v) is 5.98. The zero-order chi connectivity index (χ0) is 11.1. The molecule has 0 aliphatic carbocycles. The highest BCUT2D eigenvalue weighted by Gasteiger charge is 2.09. The fraction of sp³-hybridized carbons (Fsp3) is 0.600. The van der Waals surface area contributed by atoms with E-state index >= 15 is 0 Å². The number of carboxylic acids is 1. The van der Waals surface area contributed by atoms with E-state index in [1.807, 2.05) is 10.3 Å². The summed E-state index contributed by atoms with van der Waals surface area (Å²) in [7, 11) is 0. The number of thiazole rings is 1. The largest absolute Gasteiger partial charge is 0.481 e. The van der Waals surface area contributed by atoms with E-state index < -0.39 is 5.97 Å². The Morgan fingerprint density at radius 2 is 2.40 bits per heavy atom. The molecule has 0 radical (unpaired) electrons. The third-order valence-corrected chi connectivity index (χ3v) is 2.90. The van der Waals surface area contributed by atoms with E-state index in [9.17, 15) is 4.79 Å². The van der Waals surface area contributed by atoms with Gasteiger partial charge in [-0.25, -0.2) is 4.98 Å². The monoisotopic (exact) mass is 228 g/mol. The number of hydrogen-bond acceptors (Lipinski definition) is 4. The highest BCUT2D eigenvalue weighted by atomic mass is 32.1. The number of aromatic nitrogens is 1. The van der Waals surface area contributed by atoms with Gasteiger partial charge in [0.1, 0.15) is 0 Å². The lowest BCUT2D eigenvalue weighted by molar-refractivity contribution is -0.136. The summed E-state index contributed by atoms with van der Waals surface area (Å²) >= 11 is 1.56. The van der Waals surface area contributed by atoms with Crippen LogP contribution < -0.4 is 4.90 Å². The van der Waals surface area contributed by atoms with E-state index in [4.69, 9.17) is 5.11 Å². The van der Waals surface area contributed by atoms with E-state index in [2.05, 4.69) is 11.9 Å². The molecular formula is C10H16N2O2S. The van der Waals surface area contributed by atoms with Gasteiger partial charge in [0.15, 0.2) is 5.13 Å². The third-order valence-electron chi connectivity index (χ3n) is 2.07. The van der Waals surface area contributed by atoms with E-state index in [0.29, 0.717) is 6.54 Å². The molecular weight excluding hydrogens is 212 g/mol. The second-order valence-electron chi connectivity index (χ2n) is 3.30. The zero-order valence-corrected chi connectivity index (χ0v) is 9.66. The first-order chi connectivity index (χ1) is 7.24. The number of carbonyl (C=O) groups is 1. The van der Waals surface area contributed by atoms with Gasteiger partial charge in [-0.3, -0.25) is 4.79 Å². The summed E-state index contributed by atoms with van der Waals surface area (Å²) in [4.78, 5) is 16.7. The van der Waals surface area contributed by atoms with Gasteiger partial charge >= 0.3 is 5.97 Å². The van der Waals surface area contributed by atoms with Crippen LogP contribution in [0.25, 0.3) is 0 Å². The van der Waals surface area contributed by atoms with E-state index in [0.717, 1.165) is 24.5 Å². The molecule has 1 heterocycles. The maximum Gasteiger partial charge on any atom is 0.305 e. The first kappa shape index (κ1) is 12.0. The van der Waals surface area contributed by atoms with Crippen molar-refractivity contribution in [3.05, 3.63) is 11.6 Å². The number of aliphatic carboxylic acids is 1. The number of carboxylic acid groups (broad SMARTS) is 1. The lowest BCUT2D eigenvalue weighted by atomic mass is 10.3. The van der Waals surface area contributed by atoms with Crippen molar-refractivity contribution in [3.63, 3.8) is 0 Å². The van der Waals surface area contributed by atoms with Crippen LogP contribution >= 0.6 is 11.3 Å². The Balaban J connectivity index is 2.49. The van der Waals surface area contributed by atoms with Crippen LogP contribution in [0.5, 0.6) is 0 Å². The number of anilines is 1. The fourth-order valence-electron chi connectivity index (χ4n) is 1.25. The Kier molecular flexibility index (Phi) is 5.10. The van der Waals surface area contributed by atoms with Crippen molar-refractivity contribution >= 4 is 22.4 Å². The second-order valence-corrected chi connectivity index (χ2v) is 4.17. The highest BCUT2D eigenvalue weighted by Crippen LogP contribution is 2.18. The highest BCUT2D eigenvalue weighted by molar-refractivity contribution is 7.13. The molecule has 0 aliphatic rings. The number of hydrogen-bond donors (Lipinski definition) is 1. The number of rotatable bonds is 7. The summed E-state index contributed by atoms with van der Waals surface area (Å²) in [6.07, 6.45) is 4.09. The van der Waals surface area contributed by atoms with Crippen molar-refractivity contribution in [1.29, 1.82) is 0 Å². The Morgan fingerprint density at radius 3 is 2.93 bits per heavy atom. The molecule has 1 N–H and O–H groups in total. The molecule has 1 aromatic heterocycles. The standard InChI is InChI=1S/C10H16N2O2S/c1-2-3-6-12(7-4-9(13)14)10-11-5-8-15-10/h5,8H,2-4,6-7H2,1H3,(H,13,14). The van der Waals surface area contributed by atoms with Gasteiger partial charge in [-0.15, -0.1) is 11.3 Å². The van der Waals surface area contributed by atoms with Crippen molar-refractivity contribution in [1.82, 2.24) is 4.98 Å². The summed E-state index contributed by atoms with van der Waals surface area (Å²) in [6.45, 7) is 3.55. The van der Waals surface area contributed by atoms with Gasteiger partial charge in [0.05, 0.1) is 6.42 Å². The summed E-state index contributed by atoms with van der Waals surface area (Å²) < 4.78 is 0. The topological polar surface area (TPSA) is 53.4 Å². The van der Waals surface area contributed by atoms with Crippen LogP contribution in [-0.2, 0) is 4.79 Å². The van der Waals surface area contributed by atoms with E-state index in [1.165, 1.54) is 0 Å². The molecule has 4 nitrogen and oxygen atoms in total. The molecule has 0 aromatic carbocycles. The molecule has 0 saturated carbocycles. The van der Waals surface area contributed by atoms with Crippen LogP contribution in [0.3, 0.4) is 0 Å². The normalized spacial score (nSPS) is 10.2. The van der Waals surface area contributed by atoms with Gasteiger partial charge in [0, 0.05) is 24.7 Å². The number of unbranched alkanes of at least 4 members (excludes halogenated alkanes) is 1. The van der Waals surface area contributed by atoms with Gasteiger partial charge in [-0.1, -0.05) is 13.3 Å². The maximum atomic E-state index is 10.5. The molecule has 1 rings (SSSR count). The van der Waals surface area contributed by atoms with Gasteiger partial charge in [0.25, 0.3) is 0 Å². The molecule has 0 aliphatic heterocycles. The first-order valence-electron chi connectivity index (χ1n) is 5.10. The molecule has 0 fully saturated rings. The predicted molar refractivity (Wildman–Crippen MR) is 61.5 cm³/mol. The van der Waals surface area contributed by atoms with Crippen LogP contribution in [0.1, 0.15) is 26.2 Å². The Morgan fingerprint density at radius 1 is 1.60 bits per heavy atom. The Labute approximate surface area is 93.6 Å². The van der Waals surface area contributed by atoms with Crippen LogP contribution in [-0.4, -0.2) is 29.1 Å². The molecule has 15 heavy (non-hydrogen) atoms. The Bertz CT molecular complexity index is 288. The zero-order valence-electron chi connectivity index (χ0n) is 8.85. The van der Waals surface area contributed by atoms with Crippen molar-refractivity contribution < 1.29 is 9.90 Å². The second kappa shape index (κ2) is 6.40. The molecule has 84 valence electrons. The van der Waals surface area contributed by atoms with Gasteiger partial charge in [-0.05, 0) is 6.42 Å². The van der Waals surface area contributed by atoms with Gasteiger partial charge in [-0.2, -0.15) is 0 Å². The molecule has 0 amide bonds. The van der Waals surface area contributed by atoms with Crippen molar-refractivity contribution in [2.75, 3.05) is 18.0 Å². The van der Waals surface area contributed by atoms with Gasteiger partial charge < -0.3 is 10.0 Å². The van der Waals surface area contributed by atoms with Crippen molar-refractivity contribution in [3.8, 4) is 0 Å². The van der Waals surface area contributed by atoms with E-state index in [1.54, 1.807) is 17.5 Å². The van der Waals surface area contributed by atoms with Gasteiger partial charge in [0.2, 0.25) is 0 Å². The lowest BCUT2D eigenvalue weighted by Gasteiger charge is -2.20. The van der Waals surface area contributed by atoms with Crippen LogP contribution in [0.4, 0.5) is 5.13 Å². The quantitative estimate of drug-likeness (QED) is 0.777. The van der Waals surface area contributed by atoms with Crippen molar-refractivity contribution in [2.45, 2.75) is 26.2 Å². The van der Waals surface area contributed by atoms with E-state index in [-0.39, 0.29) is 6.42 Å². The van der Waals surface area contributed by atoms with Crippen LogP contribution in [0.2, 0.25) is 0 Å². The molecule has 0 atom stereocenters.